The van der Waals surface area contributed by atoms with E-state index in [0.29, 0.717) is 6.54 Å². The largest absolute Gasteiger partial charge is 0.393 e. The Morgan fingerprint density at radius 1 is 1.12 bits per heavy atom. The molecule has 0 saturated heterocycles. The molecular formula is C14H29NO. The molecule has 0 amide bonds. The van der Waals surface area contributed by atoms with E-state index in [1.807, 2.05) is 0 Å². The summed E-state index contributed by atoms with van der Waals surface area (Å²) in [6.07, 6.45) is 11.9. The van der Waals surface area contributed by atoms with E-state index in [1.54, 1.807) is 0 Å². The standard InChI is InChI=1S/C14H29NO/c1-2-3-4-6-9-13(16)14(12-15)10-7-5-8-11-14/h13,16H,2-12,15H2,1H3. The fraction of sp³-hybridized carbons (Fsp3) is 1.00. The highest BCUT2D eigenvalue weighted by atomic mass is 16.3. The van der Waals surface area contributed by atoms with Gasteiger partial charge in [0, 0.05) is 12.0 Å². The summed E-state index contributed by atoms with van der Waals surface area (Å²) >= 11 is 0. The van der Waals surface area contributed by atoms with Crippen molar-refractivity contribution in [2.45, 2.75) is 77.2 Å². The van der Waals surface area contributed by atoms with Crippen molar-refractivity contribution in [2.75, 3.05) is 6.54 Å². The zero-order valence-corrected chi connectivity index (χ0v) is 10.9. The predicted molar refractivity (Wildman–Crippen MR) is 69.3 cm³/mol. The lowest BCUT2D eigenvalue weighted by molar-refractivity contribution is -0.00436. The molecule has 0 bridgehead atoms. The van der Waals surface area contributed by atoms with Crippen LogP contribution in [0.15, 0.2) is 0 Å². The molecule has 3 N–H and O–H groups in total. The highest BCUT2D eigenvalue weighted by Gasteiger charge is 2.37. The maximum absolute atomic E-state index is 10.3. The van der Waals surface area contributed by atoms with Gasteiger partial charge < -0.3 is 10.8 Å². The summed E-state index contributed by atoms with van der Waals surface area (Å²) in [5, 5.41) is 10.3. The Morgan fingerprint density at radius 3 is 2.38 bits per heavy atom. The molecule has 0 aromatic rings. The number of rotatable bonds is 7. The normalized spacial score (nSPS) is 21.9. The number of hydrogen-bond donors (Lipinski definition) is 2. The first-order chi connectivity index (χ1) is 7.75. The van der Waals surface area contributed by atoms with Gasteiger partial charge in [0.1, 0.15) is 0 Å². The minimum absolute atomic E-state index is 0.0600. The van der Waals surface area contributed by atoms with Crippen LogP contribution in [0.5, 0.6) is 0 Å². The Hall–Kier alpha value is -0.0800. The van der Waals surface area contributed by atoms with E-state index in [-0.39, 0.29) is 11.5 Å². The third-order valence-corrected chi connectivity index (χ3v) is 4.29. The average Bonchev–Trinajstić information content (AvgIpc) is 2.35. The lowest BCUT2D eigenvalue weighted by atomic mass is 9.69. The van der Waals surface area contributed by atoms with Crippen LogP contribution in [0.2, 0.25) is 0 Å². The van der Waals surface area contributed by atoms with Gasteiger partial charge in [0.15, 0.2) is 0 Å². The van der Waals surface area contributed by atoms with Crippen LogP contribution >= 0.6 is 0 Å². The third-order valence-electron chi connectivity index (χ3n) is 4.29. The van der Waals surface area contributed by atoms with Crippen LogP contribution in [0.25, 0.3) is 0 Å². The highest BCUT2D eigenvalue weighted by Crippen LogP contribution is 2.40. The zero-order chi connectivity index (χ0) is 11.9. The number of unbranched alkanes of at least 4 members (excludes halogenated alkanes) is 3. The molecule has 1 rings (SSSR count). The number of aliphatic hydroxyl groups excluding tert-OH is 1. The first-order valence-electron chi connectivity index (χ1n) is 7.13. The van der Waals surface area contributed by atoms with E-state index < -0.39 is 0 Å². The smallest absolute Gasteiger partial charge is 0.0608 e. The van der Waals surface area contributed by atoms with Gasteiger partial charge in [0.25, 0.3) is 0 Å². The van der Waals surface area contributed by atoms with Gasteiger partial charge in [-0.05, 0) is 19.3 Å². The molecule has 96 valence electrons. The summed E-state index contributed by atoms with van der Waals surface area (Å²) in [7, 11) is 0. The first-order valence-corrected chi connectivity index (χ1v) is 7.13. The summed E-state index contributed by atoms with van der Waals surface area (Å²) < 4.78 is 0. The predicted octanol–water partition coefficient (Wildman–Crippen LogP) is 3.23. The molecule has 1 unspecified atom stereocenters. The molecule has 0 aliphatic heterocycles. The van der Waals surface area contributed by atoms with Crippen LogP contribution < -0.4 is 5.73 Å². The molecule has 0 spiro atoms. The lowest BCUT2D eigenvalue weighted by Crippen LogP contribution is -2.43. The number of hydrogen-bond acceptors (Lipinski definition) is 2. The van der Waals surface area contributed by atoms with E-state index in [1.165, 1.54) is 38.5 Å². The van der Waals surface area contributed by atoms with E-state index in [2.05, 4.69) is 6.92 Å². The van der Waals surface area contributed by atoms with Crippen molar-refractivity contribution in [2.24, 2.45) is 11.1 Å². The Balaban J connectivity index is 2.33. The van der Waals surface area contributed by atoms with Crippen LogP contribution in [-0.4, -0.2) is 17.8 Å². The van der Waals surface area contributed by atoms with Crippen molar-refractivity contribution >= 4 is 0 Å². The van der Waals surface area contributed by atoms with Gasteiger partial charge in [0.2, 0.25) is 0 Å². The zero-order valence-electron chi connectivity index (χ0n) is 10.9. The summed E-state index contributed by atoms with van der Waals surface area (Å²) in [4.78, 5) is 0. The molecule has 0 radical (unpaired) electrons. The highest BCUT2D eigenvalue weighted by molar-refractivity contribution is 4.89. The second-order valence-corrected chi connectivity index (χ2v) is 5.49. The van der Waals surface area contributed by atoms with E-state index >= 15 is 0 Å². The van der Waals surface area contributed by atoms with Crippen molar-refractivity contribution < 1.29 is 5.11 Å². The molecule has 16 heavy (non-hydrogen) atoms. The minimum atomic E-state index is -0.158. The fourth-order valence-electron chi connectivity index (χ4n) is 3.00. The quantitative estimate of drug-likeness (QED) is 0.656. The Bertz CT molecular complexity index is 176. The van der Waals surface area contributed by atoms with Crippen LogP contribution in [0.4, 0.5) is 0 Å². The molecule has 0 heterocycles. The molecule has 0 aromatic heterocycles. The van der Waals surface area contributed by atoms with Gasteiger partial charge in [-0.2, -0.15) is 0 Å². The maximum Gasteiger partial charge on any atom is 0.0608 e. The second kappa shape index (κ2) is 7.29. The number of nitrogens with two attached hydrogens (primary N) is 1. The van der Waals surface area contributed by atoms with Crippen LogP contribution in [0.1, 0.15) is 71.1 Å². The van der Waals surface area contributed by atoms with Gasteiger partial charge in [-0.1, -0.05) is 51.9 Å². The minimum Gasteiger partial charge on any atom is -0.393 e. The van der Waals surface area contributed by atoms with Crippen molar-refractivity contribution in [1.29, 1.82) is 0 Å². The third kappa shape index (κ3) is 3.74. The van der Waals surface area contributed by atoms with Crippen molar-refractivity contribution in [1.82, 2.24) is 0 Å². The lowest BCUT2D eigenvalue weighted by Gasteiger charge is -2.40. The van der Waals surface area contributed by atoms with Crippen molar-refractivity contribution in [3.8, 4) is 0 Å². The second-order valence-electron chi connectivity index (χ2n) is 5.49. The SMILES string of the molecule is CCCCCCC(O)C1(CN)CCCCC1. The molecular weight excluding hydrogens is 198 g/mol. The van der Waals surface area contributed by atoms with Gasteiger partial charge in [-0.15, -0.1) is 0 Å². The maximum atomic E-state index is 10.3. The first kappa shape index (κ1) is 14.0. The van der Waals surface area contributed by atoms with Crippen LogP contribution in [-0.2, 0) is 0 Å². The van der Waals surface area contributed by atoms with Crippen molar-refractivity contribution in [3.05, 3.63) is 0 Å². The van der Waals surface area contributed by atoms with E-state index in [9.17, 15) is 5.11 Å². The van der Waals surface area contributed by atoms with E-state index in [4.69, 9.17) is 5.73 Å². The molecule has 0 aromatic carbocycles. The molecule has 1 saturated carbocycles. The Morgan fingerprint density at radius 2 is 1.81 bits per heavy atom. The summed E-state index contributed by atoms with van der Waals surface area (Å²) in [6, 6.07) is 0. The molecule has 2 heteroatoms. The summed E-state index contributed by atoms with van der Waals surface area (Å²) in [5.41, 5.74) is 5.97. The van der Waals surface area contributed by atoms with Gasteiger partial charge in [-0.25, -0.2) is 0 Å². The average molecular weight is 227 g/mol. The fourth-order valence-corrected chi connectivity index (χ4v) is 3.00. The number of aliphatic hydroxyl groups is 1. The summed E-state index contributed by atoms with van der Waals surface area (Å²) in [6.45, 7) is 2.89. The van der Waals surface area contributed by atoms with Crippen LogP contribution in [0, 0.1) is 5.41 Å². The molecule has 2 nitrogen and oxygen atoms in total. The van der Waals surface area contributed by atoms with Gasteiger partial charge in [-0.3, -0.25) is 0 Å². The topological polar surface area (TPSA) is 46.2 Å². The Labute approximate surface area is 101 Å². The molecule has 1 fully saturated rings. The monoisotopic (exact) mass is 227 g/mol. The summed E-state index contributed by atoms with van der Waals surface area (Å²) in [5.74, 6) is 0. The van der Waals surface area contributed by atoms with Gasteiger partial charge in [0.05, 0.1) is 6.10 Å². The molecule has 1 atom stereocenters. The van der Waals surface area contributed by atoms with Gasteiger partial charge >= 0.3 is 0 Å². The molecule has 1 aliphatic carbocycles. The molecule has 1 aliphatic rings. The van der Waals surface area contributed by atoms with E-state index in [0.717, 1.165) is 25.7 Å². The Kier molecular flexibility index (Phi) is 6.37. The van der Waals surface area contributed by atoms with Crippen LogP contribution in [0.3, 0.4) is 0 Å². The van der Waals surface area contributed by atoms with Crippen molar-refractivity contribution in [3.63, 3.8) is 0 Å².